The van der Waals surface area contributed by atoms with Gasteiger partial charge in [0.25, 0.3) is 0 Å². The fourth-order valence-electron chi connectivity index (χ4n) is 3.28. The van der Waals surface area contributed by atoms with Crippen LogP contribution >= 0.6 is 0 Å². The third kappa shape index (κ3) is 5.21. The lowest BCUT2D eigenvalue weighted by molar-refractivity contribution is -0.137. The molecule has 0 aromatic heterocycles. The zero-order valence-corrected chi connectivity index (χ0v) is 16.5. The molecule has 0 saturated carbocycles. The number of nitrogens with zero attached hydrogens (tertiary/aromatic N) is 1. The van der Waals surface area contributed by atoms with E-state index in [9.17, 15) is 9.59 Å². The highest BCUT2D eigenvalue weighted by Crippen LogP contribution is 2.37. The molecule has 1 heterocycles. The Bertz CT molecular complexity index is 480. The number of ether oxygens (including phenoxy) is 2. The molecule has 6 heteroatoms. The van der Waals surface area contributed by atoms with E-state index < -0.39 is 18.2 Å². The summed E-state index contributed by atoms with van der Waals surface area (Å²) in [5.41, 5.74) is -0.0360. The minimum absolute atomic E-state index is 0.0360. The summed E-state index contributed by atoms with van der Waals surface area (Å²) in [6.45, 7) is 13.0. The fraction of sp³-hybridized carbons (Fsp3) is 0.789. The first-order chi connectivity index (χ1) is 11.7. The number of alkyl carbamates (subject to hydrolysis) is 1. The number of allylic oxidation sites excluding steroid dienone is 1. The fourth-order valence-corrected chi connectivity index (χ4v) is 3.28. The van der Waals surface area contributed by atoms with Crippen molar-refractivity contribution in [3.63, 3.8) is 0 Å². The third-order valence-electron chi connectivity index (χ3n) is 5.69. The summed E-state index contributed by atoms with van der Waals surface area (Å²) in [7, 11) is 2.81. The smallest absolute Gasteiger partial charge is 0.407 e. The molecule has 0 radical (unpaired) electrons. The maximum atomic E-state index is 13.1. The van der Waals surface area contributed by atoms with E-state index in [1.807, 2.05) is 11.0 Å². The third-order valence-corrected chi connectivity index (χ3v) is 5.69. The van der Waals surface area contributed by atoms with Gasteiger partial charge in [-0.25, -0.2) is 4.79 Å². The molecule has 144 valence electrons. The van der Waals surface area contributed by atoms with Crippen molar-refractivity contribution in [3.05, 3.63) is 12.7 Å². The van der Waals surface area contributed by atoms with Gasteiger partial charge in [-0.05, 0) is 37.5 Å². The number of hydrogen-bond acceptors (Lipinski definition) is 4. The molecule has 4 atom stereocenters. The molecule has 6 nitrogen and oxygen atoms in total. The number of nitrogens with one attached hydrogen (secondary N) is 1. The van der Waals surface area contributed by atoms with Crippen LogP contribution in [0.15, 0.2) is 12.7 Å². The SMILES string of the molecule is C=C[C@](C)(C[C@@H]1CCCN1C(=O)[C@@H](NC(=O)OC)[C@@H](C)OC)C(C)C. The van der Waals surface area contributed by atoms with E-state index in [0.717, 1.165) is 19.3 Å². The number of rotatable bonds is 8. The van der Waals surface area contributed by atoms with Crippen LogP contribution in [0.25, 0.3) is 0 Å². The van der Waals surface area contributed by atoms with Crippen LogP contribution in [0.5, 0.6) is 0 Å². The molecule has 25 heavy (non-hydrogen) atoms. The molecule has 0 aromatic carbocycles. The Morgan fingerprint density at radius 3 is 2.48 bits per heavy atom. The van der Waals surface area contributed by atoms with Gasteiger partial charge in [-0.3, -0.25) is 4.79 Å². The normalized spacial score (nSPS) is 22.2. The zero-order valence-electron chi connectivity index (χ0n) is 16.5. The molecule has 2 amide bonds. The number of likely N-dealkylation sites (tertiary alicyclic amines) is 1. The van der Waals surface area contributed by atoms with Gasteiger partial charge >= 0.3 is 6.09 Å². The zero-order chi connectivity index (χ0) is 19.2. The molecule has 1 fully saturated rings. The average Bonchev–Trinajstić information content (AvgIpc) is 3.05. The number of methoxy groups -OCH3 is 2. The summed E-state index contributed by atoms with van der Waals surface area (Å²) in [5, 5.41) is 2.62. The Labute approximate surface area is 151 Å². The molecular weight excluding hydrogens is 320 g/mol. The monoisotopic (exact) mass is 354 g/mol. The molecular formula is C19H34N2O4. The van der Waals surface area contributed by atoms with Gasteiger partial charge in [0.1, 0.15) is 6.04 Å². The lowest BCUT2D eigenvalue weighted by Crippen LogP contribution is -2.55. The van der Waals surface area contributed by atoms with Crippen LogP contribution in [0.3, 0.4) is 0 Å². The average molecular weight is 354 g/mol. The van der Waals surface area contributed by atoms with Crippen LogP contribution in [-0.2, 0) is 14.3 Å². The Kier molecular flexibility index (Phi) is 7.93. The van der Waals surface area contributed by atoms with Crippen molar-refractivity contribution in [2.45, 2.75) is 65.1 Å². The van der Waals surface area contributed by atoms with E-state index >= 15 is 0 Å². The highest BCUT2D eigenvalue weighted by Gasteiger charge is 2.39. The van der Waals surface area contributed by atoms with E-state index in [0.29, 0.717) is 12.5 Å². The molecule has 0 spiro atoms. The van der Waals surface area contributed by atoms with Crippen molar-refractivity contribution in [1.82, 2.24) is 10.2 Å². The van der Waals surface area contributed by atoms with E-state index in [-0.39, 0.29) is 17.4 Å². The highest BCUT2D eigenvalue weighted by atomic mass is 16.5. The van der Waals surface area contributed by atoms with Crippen LogP contribution in [-0.4, -0.2) is 55.9 Å². The Morgan fingerprint density at radius 1 is 1.36 bits per heavy atom. The van der Waals surface area contributed by atoms with Gasteiger partial charge in [0.05, 0.1) is 13.2 Å². The van der Waals surface area contributed by atoms with Gasteiger partial charge in [-0.15, -0.1) is 6.58 Å². The largest absolute Gasteiger partial charge is 0.453 e. The van der Waals surface area contributed by atoms with Gasteiger partial charge in [-0.1, -0.05) is 26.8 Å². The van der Waals surface area contributed by atoms with Crippen molar-refractivity contribution in [3.8, 4) is 0 Å². The lowest BCUT2D eigenvalue weighted by atomic mass is 9.74. The first-order valence-electron chi connectivity index (χ1n) is 9.01. The second kappa shape index (κ2) is 9.22. The Morgan fingerprint density at radius 2 is 2.00 bits per heavy atom. The molecule has 0 aromatic rings. The van der Waals surface area contributed by atoms with Crippen LogP contribution in [0.2, 0.25) is 0 Å². The molecule has 1 saturated heterocycles. The second-order valence-electron chi connectivity index (χ2n) is 7.45. The first kappa shape index (κ1) is 21.5. The summed E-state index contributed by atoms with van der Waals surface area (Å²) in [5.74, 6) is 0.321. The maximum Gasteiger partial charge on any atom is 0.407 e. The van der Waals surface area contributed by atoms with E-state index in [4.69, 9.17) is 4.74 Å². The van der Waals surface area contributed by atoms with Crippen LogP contribution in [0.4, 0.5) is 4.79 Å². The minimum atomic E-state index is -0.757. The summed E-state index contributed by atoms with van der Waals surface area (Å²) in [6, 6.07) is -0.615. The van der Waals surface area contributed by atoms with E-state index in [2.05, 4.69) is 37.4 Å². The van der Waals surface area contributed by atoms with Crippen molar-refractivity contribution < 1.29 is 19.1 Å². The maximum absolute atomic E-state index is 13.1. The van der Waals surface area contributed by atoms with Gasteiger partial charge in [0.15, 0.2) is 0 Å². The summed E-state index contributed by atoms with van der Waals surface area (Å²) in [4.78, 5) is 26.6. The Balaban J connectivity index is 2.95. The molecule has 1 N–H and O–H groups in total. The second-order valence-corrected chi connectivity index (χ2v) is 7.45. The van der Waals surface area contributed by atoms with E-state index in [1.165, 1.54) is 14.2 Å². The summed E-state index contributed by atoms with van der Waals surface area (Å²) in [6.07, 6.45) is 3.73. The number of carbonyl (C=O) groups excluding carboxylic acids is 2. The lowest BCUT2D eigenvalue weighted by Gasteiger charge is -2.37. The standard InChI is InChI=1S/C19H34N2O4/c1-8-19(5,13(2)3)12-15-10-9-11-21(15)17(22)16(14(4)24-6)20-18(23)25-7/h8,13-16H,1,9-12H2,2-7H3,(H,20,23)/t14-,15+,16+,19-/m1/s1. The molecule has 0 aliphatic carbocycles. The summed E-state index contributed by atoms with van der Waals surface area (Å²) >= 11 is 0. The predicted molar refractivity (Wildman–Crippen MR) is 98.3 cm³/mol. The predicted octanol–water partition coefficient (Wildman–Crippen LogP) is 2.98. The van der Waals surface area contributed by atoms with Gasteiger partial charge in [-0.2, -0.15) is 0 Å². The quantitative estimate of drug-likeness (QED) is 0.681. The van der Waals surface area contributed by atoms with Crippen LogP contribution < -0.4 is 5.32 Å². The molecule has 1 rings (SSSR count). The topological polar surface area (TPSA) is 67.9 Å². The number of amides is 2. The molecule has 1 aliphatic rings. The van der Waals surface area contributed by atoms with Gasteiger partial charge in [0, 0.05) is 19.7 Å². The van der Waals surface area contributed by atoms with Crippen molar-refractivity contribution >= 4 is 12.0 Å². The summed E-state index contributed by atoms with van der Waals surface area (Å²) < 4.78 is 9.95. The van der Waals surface area contributed by atoms with Crippen LogP contribution in [0, 0.1) is 11.3 Å². The highest BCUT2D eigenvalue weighted by molar-refractivity contribution is 5.86. The van der Waals surface area contributed by atoms with Crippen LogP contribution in [0.1, 0.15) is 47.0 Å². The Hall–Kier alpha value is -1.56. The molecule has 0 unspecified atom stereocenters. The van der Waals surface area contributed by atoms with Crippen molar-refractivity contribution in [2.75, 3.05) is 20.8 Å². The van der Waals surface area contributed by atoms with Gasteiger partial charge < -0.3 is 19.7 Å². The van der Waals surface area contributed by atoms with Crippen molar-refractivity contribution in [1.29, 1.82) is 0 Å². The van der Waals surface area contributed by atoms with Crippen molar-refractivity contribution in [2.24, 2.45) is 11.3 Å². The molecule has 0 bridgehead atoms. The molecule has 1 aliphatic heterocycles. The number of hydrogen-bond donors (Lipinski definition) is 1. The number of carbonyl (C=O) groups is 2. The van der Waals surface area contributed by atoms with Gasteiger partial charge in [0.2, 0.25) is 5.91 Å². The minimum Gasteiger partial charge on any atom is -0.453 e. The van der Waals surface area contributed by atoms with E-state index in [1.54, 1.807) is 6.92 Å². The first-order valence-corrected chi connectivity index (χ1v) is 9.01.